The summed E-state index contributed by atoms with van der Waals surface area (Å²) in [5.74, 6) is 0.986. The van der Waals surface area contributed by atoms with Crippen LogP contribution in [-0.2, 0) is 4.74 Å². The third kappa shape index (κ3) is 4.94. The Bertz CT molecular complexity index is 296. The zero-order valence-electron chi connectivity index (χ0n) is 13.0. The molecule has 1 saturated carbocycles. The zero-order chi connectivity index (χ0) is 14.2. The lowest BCUT2D eigenvalue weighted by molar-refractivity contribution is 0.0220. The monoisotopic (exact) mass is 282 g/mol. The van der Waals surface area contributed by atoms with Gasteiger partial charge in [-0.05, 0) is 26.7 Å². The van der Waals surface area contributed by atoms with Crippen LogP contribution in [0, 0.1) is 0 Å². The molecule has 0 radical (unpaired) electrons. The number of hydrogen-bond acceptors (Lipinski definition) is 3. The van der Waals surface area contributed by atoms with E-state index in [-0.39, 0.29) is 0 Å². The van der Waals surface area contributed by atoms with Gasteiger partial charge in [0.1, 0.15) is 0 Å². The van der Waals surface area contributed by atoms with Crippen molar-refractivity contribution in [3.8, 4) is 0 Å². The first-order valence-electron chi connectivity index (χ1n) is 8.16. The number of nitrogens with zero attached hydrogens (tertiary/aromatic N) is 2. The van der Waals surface area contributed by atoms with Crippen LogP contribution in [0.25, 0.3) is 0 Å². The van der Waals surface area contributed by atoms with E-state index in [9.17, 15) is 0 Å². The van der Waals surface area contributed by atoms with Gasteiger partial charge in [0.05, 0.1) is 19.8 Å². The second-order valence-corrected chi connectivity index (χ2v) is 5.84. The molecule has 1 aliphatic heterocycles. The standard InChI is InChI=1S/C15H30N4O/c1-3-16-15(18-14-6-4-5-7-14)17-12-13(2)19-8-10-20-11-9-19/h13-14H,3-12H2,1-2H3,(H2,16,17,18). The highest BCUT2D eigenvalue weighted by molar-refractivity contribution is 5.80. The molecule has 2 aliphatic rings. The summed E-state index contributed by atoms with van der Waals surface area (Å²) in [5.41, 5.74) is 0. The molecule has 5 nitrogen and oxygen atoms in total. The van der Waals surface area contributed by atoms with Crippen LogP contribution < -0.4 is 10.6 Å². The molecule has 1 atom stereocenters. The number of nitrogens with one attached hydrogen (secondary N) is 2. The molecule has 1 saturated heterocycles. The van der Waals surface area contributed by atoms with Crippen LogP contribution in [0.15, 0.2) is 4.99 Å². The topological polar surface area (TPSA) is 48.9 Å². The Morgan fingerprint density at radius 2 is 2.00 bits per heavy atom. The Hall–Kier alpha value is -0.810. The molecule has 1 heterocycles. The Morgan fingerprint density at radius 1 is 1.30 bits per heavy atom. The molecule has 20 heavy (non-hydrogen) atoms. The molecule has 2 rings (SSSR count). The molecule has 5 heteroatoms. The SMILES string of the molecule is CCNC(=NCC(C)N1CCOCC1)NC1CCCC1. The molecular formula is C15H30N4O. The number of hydrogen-bond donors (Lipinski definition) is 2. The van der Waals surface area contributed by atoms with Gasteiger partial charge in [-0.25, -0.2) is 0 Å². The van der Waals surface area contributed by atoms with E-state index in [0.717, 1.165) is 45.4 Å². The minimum absolute atomic E-state index is 0.484. The molecule has 116 valence electrons. The van der Waals surface area contributed by atoms with E-state index in [0.29, 0.717) is 12.1 Å². The van der Waals surface area contributed by atoms with Crippen molar-refractivity contribution in [3.05, 3.63) is 0 Å². The second-order valence-electron chi connectivity index (χ2n) is 5.84. The fraction of sp³-hybridized carbons (Fsp3) is 0.933. The summed E-state index contributed by atoms with van der Waals surface area (Å²) in [5, 5.41) is 6.93. The Kier molecular flexibility index (Phi) is 6.60. The van der Waals surface area contributed by atoms with Crippen molar-refractivity contribution in [2.75, 3.05) is 39.4 Å². The molecule has 1 unspecified atom stereocenters. The molecular weight excluding hydrogens is 252 g/mol. The van der Waals surface area contributed by atoms with Crippen LogP contribution in [0.5, 0.6) is 0 Å². The normalized spacial score (nSPS) is 23.8. The minimum atomic E-state index is 0.484. The summed E-state index contributed by atoms with van der Waals surface area (Å²) in [6, 6.07) is 1.10. The summed E-state index contributed by atoms with van der Waals surface area (Å²) in [6.45, 7) is 9.92. The van der Waals surface area contributed by atoms with E-state index >= 15 is 0 Å². The summed E-state index contributed by atoms with van der Waals surface area (Å²) in [6.07, 6.45) is 5.26. The van der Waals surface area contributed by atoms with Gasteiger partial charge in [0.15, 0.2) is 5.96 Å². The van der Waals surface area contributed by atoms with Crippen molar-refractivity contribution >= 4 is 5.96 Å². The summed E-state index contributed by atoms with van der Waals surface area (Å²) < 4.78 is 5.40. The Balaban J connectivity index is 1.80. The first kappa shape index (κ1) is 15.6. The quantitative estimate of drug-likeness (QED) is 0.588. The lowest BCUT2D eigenvalue weighted by Gasteiger charge is -2.31. The number of aliphatic imine (C=N–C) groups is 1. The fourth-order valence-corrected chi connectivity index (χ4v) is 2.94. The molecule has 0 bridgehead atoms. The highest BCUT2D eigenvalue weighted by Gasteiger charge is 2.18. The molecule has 0 aromatic heterocycles. The van der Waals surface area contributed by atoms with Crippen molar-refractivity contribution in [2.45, 2.75) is 51.6 Å². The van der Waals surface area contributed by atoms with Gasteiger partial charge in [0, 0.05) is 31.7 Å². The number of ether oxygens (including phenoxy) is 1. The van der Waals surface area contributed by atoms with Crippen molar-refractivity contribution in [3.63, 3.8) is 0 Å². The molecule has 2 fully saturated rings. The van der Waals surface area contributed by atoms with Gasteiger partial charge < -0.3 is 15.4 Å². The molecule has 0 aromatic carbocycles. The molecule has 2 N–H and O–H groups in total. The van der Waals surface area contributed by atoms with Crippen molar-refractivity contribution in [2.24, 2.45) is 4.99 Å². The maximum Gasteiger partial charge on any atom is 0.191 e. The van der Waals surface area contributed by atoms with Crippen LogP contribution in [-0.4, -0.2) is 62.3 Å². The number of rotatable bonds is 5. The van der Waals surface area contributed by atoms with Crippen LogP contribution in [0.1, 0.15) is 39.5 Å². The van der Waals surface area contributed by atoms with Gasteiger partial charge in [0.2, 0.25) is 0 Å². The molecule has 0 spiro atoms. The predicted octanol–water partition coefficient (Wildman–Crippen LogP) is 1.20. The van der Waals surface area contributed by atoms with Crippen molar-refractivity contribution in [1.82, 2.24) is 15.5 Å². The highest BCUT2D eigenvalue weighted by Crippen LogP contribution is 2.17. The van der Waals surface area contributed by atoms with Gasteiger partial charge in [-0.2, -0.15) is 0 Å². The van der Waals surface area contributed by atoms with Crippen LogP contribution in [0.3, 0.4) is 0 Å². The van der Waals surface area contributed by atoms with Gasteiger partial charge in [-0.1, -0.05) is 12.8 Å². The Labute approximate surface area is 123 Å². The minimum Gasteiger partial charge on any atom is -0.379 e. The maximum atomic E-state index is 5.40. The van der Waals surface area contributed by atoms with Gasteiger partial charge in [0.25, 0.3) is 0 Å². The Morgan fingerprint density at radius 3 is 2.65 bits per heavy atom. The van der Waals surface area contributed by atoms with Crippen LogP contribution in [0.4, 0.5) is 0 Å². The largest absolute Gasteiger partial charge is 0.379 e. The van der Waals surface area contributed by atoms with Gasteiger partial charge in [-0.15, -0.1) is 0 Å². The van der Waals surface area contributed by atoms with Gasteiger partial charge >= 0.3 is 0 Å². The van der Waals surface area contributed by atoms with E-state index in [1.807, 2.05) is 0 Å². The maximum absolute atomic E-state index is 5.40. The molecule has 0 aromatic rings. The van der Waals surface area contributed by atoms with E-state index in [1.54, 1.807) is 0 Å². The average Bonchev–Trinajstić information content (AvgIpc) is 2.98. The molecule has 1 aliphatic carbocycles. The van der Waals surface area contributed by atoms with Gasteiger partial charge in [-0.3, -0.25) is 9.89 Å². The first-order valence-corrected chi connectivity index (χ1v) is 8.16. The average molecular weight is 282 g/mol. The van der Waals surface area contributed by atoms with E-state index in [1.165, 1.54) is 25.7 Å². The third-order valence-electron chi connectivity index (χ3n) is 4.22. The highest BCUT2D eigenvalue weighted by atomic mass is 16.5. The lowest BCUT2D eigenvalue weighted by Crippen LogP contribution is -2.45. The van der Waals surface area contributed by atoms with Crippen LogP contribution in [0.2, 0.25) is 0 Å². The number of guanidine groups is 1. The fourth-order valence-electron chi connectivity index (χ4n) is 2.94. The third-order valence-corrected chi connectivity index (χ3v) is 4.22. The smallest absolute Gasteiger partial charge is 0.191 e. The van der Waals surface area contributed by atoms with Crippen molar-refractivity contribution < 1.29 is 4.74 Å². The number of morpholine rings is 1. The summed E-state index contributed by atoms with van der Waals surface area (Å²) in [4.78, 5) is 7.23. The summed E-state index contributed by atoms with van der Waals surface area (Å²) in [7, 11) is 0. The predicted molar refractivity (Wildman–Crippen MR) is 83.2 cm³/mol. The first-order chi connectivity index (χ1) is 9.79. The zero-order valence-corrected chi connectivity index (χ0v) is 13.0. The van der Waals surface area contributed by atoms with E-state index in [4.69, 9.17) is 9.73 Å². The summed E-state index contributed by atoms with van der Waals surface area (Å²) >= 11 is 0. The van der Waals surface area contributed by atoms with Crippen molar-refractivity contribution in [1.29, 1.82) is 0 Å². The van der Waals surface area contributed by atoms with E-state index < -0.39 is 0 Å². The second kappa shape index (κ2) is 8.47. The van der Waals surface area contributed by atoms with Crippen LogP contribution >= 0.6 is 0 Å². The van der Waals surface area contributed by atoms with E-state index in [2.05, 4.69) is 29.4 Å². The lowest BCUT2D eigenvalue weighted by atomic mass is 10.2. The molecule has 0 amide bonds.